The molecule has 0 aliphatic rings. The van der Waals surface area contributed by atoms with E-state index in [1.54, 1.807) is 30.3 Å². The van der Waals surface area contributed by atoms with Crippen molar-refractivity contribution in [2.75, 3.05) is 0 Å². The van der Waals surface area contributed by atoms with Gasteiger partial charge in [-0.25, -0.2) is 9.82 Å². The van der Waals surface area contributed by atoms with Gasteiger partial charge in [-0.15, -0.1) is 0 Å². The number of hydrogen-bond acceptors (Lipinski definition) is 3. The van der Waals surface area contributed by atoms with Crippen LogP contribution in [0.25, 0.3) is 0 Å². The van der Waals surface area contributed by atoms with Crippen molar-refractivity contribution in [3.8, 4) is 5.75 Å². The second-order valence-corrected chi connectivity index (χ2v) is 7.51. The first kappa shape index (κ1) is 22.1. The molecule has 3 aromatic rings. The van der Waals surface area contributed by atoms with Crippen LogP contribution in [0.2, 0.25) is 15.1 Å². The molecule has 1 amide bonds. The van der Waals surface area contributed by atoms with Crippen molar-refractivity contribution in [1.82, 2.24) is 5.43 Å². The van der Waals surface area contributed by atoms with E-state index >= 15 is 0 Å². The summed E-state index contributed by atoms with van der Waals surface area (Å²) in [4.78, 5) is 11.9. The molecule has 0 unspecified atom stereocenters. The molecule has 3 rings (SSSR count). The Bertz CT molecular complexity index is 1050. The Morgan fingerprint density at radius 2 is 1.67 bits per heavy atom. The highest BCUT2D eigenvalue weighted by Crippen LogP contribution is 2.34. The maximum Gasteiger partial charge on any atom is 0.244 e. The fourth-order valence-electron chi connectivity index (χ4n) is 2.56. The normalized spacial score (nSPS) is 10.9. The third kappa shape index (κ3) is 6.20. The van der Waals surface area contributed by atoms with Gasteiger partial charge in [-0.2, -0.15) is 5.10 Å². The predicted octanol–water partition coefficient (Wildman–Crippen LogP) is 6.06. The molecule has 8 heteroatoms. The smallest absolute Gasteiger partial charge is 0.244 e. The van der Waals surface area contributed by atoms with Crippen LogP contribution in [0.3, 0.4) is 0 Å². The van der Waals surface area contributed by atoms with Crippen molar-refractivity contribution in [2.24, 2.45) is 5.10 Å². The quantitative estimate of drug-likeness (QED) is 0.341. The van der Waals surface area contributed by atoms with Gasteiger partial charge in [-0.3, -0.25) is 4.79 Å². The third-order valence-electron chi connectivity index (χ3n) is 4.03. The molecule has 0 radical (unpaired) electrons. The minimum absolute atomic E-state index is 0.0773. The molecule has 0 spiro atoms. The SMILES string of the molecule is O=C(Cc1ccc(F)cc1)N/N=C/c1cc(Cl)c(OCc2ccccc2Cl)c(Cl)c1. The topological polar surface area (TPSA) is 50.7 Å². The van der Waals surface area contributed by atoms with E-state index in [1.165, 1.54) is 18.3 Å². The van der Waals surface area contributed by atoms with E-state index in [0.29, 0.717) is 31.9 Å². The van der Waals surface area contributed by atoms with Crippen LogP contribution in [-0.4, -0.2) is 12.1 Å². The van der Waals surface area contributed by atoms with Crippen molar-refractivity contribution in [3.63, 3.8) is 0 Å². The molecule has 0 saturated carbocycles. The van der Waals surface area contributed by atoms with Crippen molar-refractivity contribution in [1.29, 1.82) is 0 Å². The molecule has 0 aliphatic carbocycles. The molecule has 3 aromatic carbocycles. The first-order chi connectivity index (χ1) is 14.4. The lowest BCUT2D eigenvalue weighted by atomic mass is 10.1. The Morgan fingerprint density at radius 3 is 2.33 bits per heavy atom. The van der Waals surface area contributed by atoms with Crippen LogP contribution in [-0.2, 0) is 17.8 Å². The summed E-state index contributed by atoms with van der Waals surface area (Å²) in [6.45, 7) is 0.214. The number of nitrogens with one attached hydrogen (secondary N) is 1. The molecule has 0 bridgehead atoms. The summed E-state index contributed by atoms with van der Waals surface area (Å²) in [5, 5.41) is 5.09. The summed E-state index contributed by atoms with van der Waals surface area (Å²) in [5.41, 5.74) is 4.47. The largest absolute Gasteiger partial charge is 0.486 e. The van der Waals surface area contributed by atoms with E-state index in [4.69, 9.17) is 39.5 Å². The Kier molecular flexibility index (Phi) is 7.69. The van der Waals surface area contributed by atoms with Crippen LogP contribution in [0.5, 0.6) is 5.75 Å². The first-order valence-corrected chi connectivity index (χ1v) is 9.97. The second kappa shape index (κ2) is 10.4. The van der Waals surface area contributed by atoms with Crippen LogP contribution >= 0.6 is 34.8 Å². The molecule has 30 heavy (non-hydrogen) atoms. The maximum atomic E-state index is 12.9. The Hall–Kier alpha value is -2.60. The molecular weight excluding hydrogens is 450 g/mol. The van der Waals surface area contributed by atoms with Gasteiger partial charge in [0.05, 0.1) is 22.7 Å². The Labute approximate surface area is 188 Å². The zero-order valence-electron chi connectivity index (χ0n) is 15.5. The summed E-state index contributed by atoms with van der Waals surface area (Å²) in [6.07, 6.45) is 1.49. The highest BCUT2D eigenvalue weighted by molar-refractivity contribution is 6.37. The molecule has 0 heterocycles. The molecule has 0 saturated heterocycles. The number of rotatable bonds is 7. The molecule has 154 valence electrons. The summed E-state index contributed by atoms with van der Waals surface area (Å²) < 4.78 is 18.6. The molecule has 1 N–H and O–H groups in total. The monoisotopic (exact) mass is 464 g/mol. The summed E-state index contributed by atoms with van der Waals surface area (Å²) in [7, 11) is 0. The van der Waals surface area contributed by atoms with E-state index in [-0.39, 0.29) is 24.8 Å². The maximum absolute atomic E-state index is 12.9. The summed E-state index contributed by atoms with van der Waals surface area (Å²) >= 11 is 18.7. The van der Waals surface area contributed by atoms with E-state index in [0.717, 1.165) is 5.56 Å². The fraction of sp³-hybridized carbons (Fsp3) is 0.0909. The summed E-state index contributed by atoms with van der Waals surface area (Å²) in [6, 6.07) is 16.2. The first-order valence-electron chi connectivity index (χ1n) is 8.84. The lowest BCUT2D eigenvalue weighted by molar-refractivity contribution is -0.120. The van der Waals surface area contributed by atoms with Crippen molar-refractivity contribution in [2.45, 2.75) is 13.0 Å². The van der Waals surface area contributed by atoms with Gasteiger partial charge in [0.1, 0.15) is 12.4 Å². The van der Waals surface area contributed by atoms with Crippen LogP contribution < -0.4 is 10.2 Å². The predicted molar refractivity (Wildman–Crippen MR) is 118 cm³/mol. The standard InChI is InChI=1S/C22H16Cl3FN2O2/c23-18-4-2-1-3-16(18)13-30-22-19(24)9-15(10-20(22)25)12-27-28-21(29)11-14-5-7-17(26)8-6-14/h1-10,12H,11,13H2,(H,28,29)/b27-12+. The minimum atomic E-state index is -0.356. The minimum Gasteiger partial charge on any atom is -0.486 e. The number of benzene rings is 3. The Balaban J connectivity index is 1.59. The van der Waals surface area contributed by atoms with Crippen molar-refractivity contribution < 1.29 is 13.9 Å². The molecule has 4 nitrogen and oxygen atoms in total. The average molecular weight is 466 g/mol. The number of hydrogen-bond donors (Lipinski definition) is 1. The van der Waals surface area contributed by atoms with Gasteiger partial charge in [-0.1, -0.05) is 65.1 Å². The lowest BCUT2D eigenvalue weighted by Crippen LogP contribution is -2.19. The Morgan fingerprint density at radius 1 is 1.00 bits per heavy atom. The number of nitrogens with zero attached hydrogens (tertiary/aromatic N) is 1. The molecule has 0 aliphatic heterocycles. The molecule has 0 atom stereocenters. The van der Waals surface area contributed by atoms with Gasteiger partial charge in [0.15, 0.2) is 5.75 Å². The van der Waals surface area contributed by atoms with Gasteiger partial charge >= 0.3 is 0 Å². The van der Waals surface area contributed by atoms with Crippen LogP contribution in [0.4, 0.5) is 4.39 Å². The van der Waals surface area contributed by atoms with Gasteiger partial charge in [0.2, 0.25) is 5.91 Å². The summed E-state index contributed by atoms with van der Waals surface area (Å²) in [5.74, 6) is -0.365. The van der Waals surface area contributed by atoms with Gasteiger partial charge in [0, 0.05) is 10.6 Å². The highest BCUT2D eigenvalue weighted by Gasteiger charge is 2.11. The zero-order chi connectivity index (χ0) is 21.5. The van der Waals surface area contributed by atoms with E-state index in [1.807, 2.05) is 18.2 Å². The van der Waals surface area contributed by atoms with E-state index < -0.39 is 0 Å². The van der Waals surface area contributed by atoms with E-state index in [2.05, 4.69) is 10.5 Å². The molecule has 0 fully saturated rings. The fourth-order valence-corrected chi connectivity index (χ4v) is 3.37. The zero-order valence-corrected chi connectivity index (χ0v) is 17.8. The van der Waals surface area contributed by atoms with Gasteiger partial charge in [0.25, 0.3) is 0 Å². The number of carbonyl (C=O) groups is 1. The number of ether oxygens (including phenoxy) is 1. The van der Waals surface area contributed by atoms with Crippen LogP contribution in [0.15, 0.2) is 65.8 Å². The van der Waals surface area contributed by atoms with Gasteiger partial charge in [-0.05, 0) is 41.5 Å². The van der Waals surface area contributed by atoms with Crippen LogP contribution in [0, 0.1) is 5.82 Å². The number of amides is 1. The second-order valence-electron chi connectivity index (χ2n) is 6.29. The highest BCUT2D eigenvalue weighted by atomic mass is 35.5. The average Bonchev–Trinajstić information content (AvgIpc) is 2.70. The molecular formula is C22H16Cl3FN2O2. The van der Waals surface area contributed by atoms with Crippen molar-refractivity contribution in [3.05, 3.63) is 98.2 Å². The third-order valence-corrected chi connectivity index (χ3v) is 4.96. The lowest BCUT2D eigenvalue weighted by Gasteiger charge is -2.11. The van der Waals surface area contributed by atoms with Crippen LogP contribution in [0.1, 0.15) is 16.7 Å². The number of halogens is 4. The number of carbonyl (C=O) groups excluding carboxylic acids is 1. The van der Waals surface area contributed by atoms with E-state index in [9.17, 15) is 9.18 Å². The molecule has 0 aromatic heterocycles. The van der Waals surface area contributed by atoms with Gasteiger partial charge < -0.3 is 4.74 Å². The van der Waals surface area contributed by atoms with Crippen molar-refractivity contribution >= 4 is 46.9 Å². The number of hydrazone groups is 1.